The van der Waals surface area contributed by atoms with Gasteiger partial charge >= 0.3 is 0 Å². The average molecular weight is 586 g/mol. The Hall–Kier alpha value is -3.37. The number of carbonyl (C=O) groups excluding carboxylic acids is 1. The van der Waals surface area contributed by atoms with E-state index < -0.39 is 10.0 Å². The van der Waals surface area contributed by atoms with Gasteiger partial charge in [-0.25, -0.2) is 8.42 Å². The van der Waals surface area contributed by atoms with E-state index in [0.29, 0.717) is 59.2 Å². The molecular formula is C28H26Cl2N4O4S. The van der Waals surface area contributed by atoms with E-state index in [2.05, 4.69) is 14.6 Å². The van der Waals surface area contributed by atoms with Crippen LogP contribution in [0.15, 0.2) is 77.8 Å². The van der Waals surface area contributed by atoms with Gasteiger partial charge in [-0.15, -0.1) is 0 Å². The molecule has 202 valence electrons. The lowest BCUT2D eigenvalue weighted by Crippen LogP contribution is -2.48. The predicted octanol–water partition coefficient (Wildman–Crippen LogP) is 5.31. The number of aromatic nitrogens is 1. The predicted molar refractivity (Wildman–Crippen MR) is 153 cm³/mol. The Labute approximate surface area is 237 Å². The number of nitrogens with one attached hydrogen (secondary N) is 1. The SMILES string of the molecule is COc1cc(C(=O)N2CCN(Cc3cc(Cl)cc(Cl)c3)CC2)ccc1NS(=O)(=O)c1cccc2cccnc12. The summed E-state index contributed by atoms with van der Waals surface area (Å²) in [4.78, 5) is 21.6. The number of carbonyl (C=O) groups is 1. The minimum atomic E-state index is -3.97. The summed E-state index contributed by atoms with van der Waals surface area (Å²) >= 11 is 12.2. The van der Waals surface area contributed by atoms with E-state index in [1.807, 2.05) is 12.1 Å². The van der Waals surface area contributed by atoms with Crippen molar-refractivity contribution >= 4 is 55.7 Å². The fraction of sp³-hybridized carbons (Fsp3) is 0.214. The Bertz CT molecular complexity index is 1610. The monoisotopic (exact) mass is 584 g/mol. The number of sulfonamides is 1. The zero-order valence-corrected chi connectivity index (χ0v) is 23.4. The standard InChI is InChI=1S/C28H26Cl2N4O4S/c1-38-25-16-21(28(35)34-12-10-33(11-13-34)18-19-14-22(29)17-23(30)15-19)7-8-24(25)32-39(36,37)26-6-2-4-20-5-3-9-31-27(20)26/h2-9,14-17,32H,10-13,18H2,1H3. The van der Waals surface area contributed by atoms with Crippen LogP contribution in [0.25, 0.3) is 10.9 Å². The van der Waals surface area contributed by atoms with Crippen LogP contribution in [0.1, 0.15) is 15.9 Å². The Balaban J connectivity index is 1.28. The Morgan fingerprint density at radius 2 is 1.69 bits per heavy atom. The van der Waals surface area contributed by atoms with Gasteiger partial charge in [0.15, 0.2) is 0 Å². The van der Waals surface area contributed by atoms with Crippen LogP contribution < -0.4 is 9.46 Å². The molecule has 8 nitrogen and oxygen atoms in total. The number of pyridine rings is 1. The van der Waals surface area contributed by atoms with Crippen molar-refractivity contribution in [2.24, 2.45) is 0 Å². The van der Waals surface area contributed by atoms with Crippen LogP contribution in [0.4, 0.5) is 5.69 Å². The van der Waals surface area contributed by atoms with E-state index in [-0.39, 0.29) is 22.2 Å². The van der Waals surface area contributed by atoms with Gasteiger partial charge in [-0.1, -0.05) is 41.4 Å². The highest BCUT2D eigenvalue weighted by Crippen LogP contribution is 2.30. The van der Waals surface area contributed by atoms with Gasteiger partial charge in [-0.2, -0.15) is 0 Å². The largest absolute Gasteiger partial charge is 0.495 e. The summed E-state index contributed by atoms with van der Waals surface area (Å²) in [6.45, 7) is 3.20. The Morgan fingerprint density at radius 3 is 2.41 bits per heavy atom. The molecule has 5 rings (SSSR count). The highest BCUT2D eigenvalue weighted by atomic mass is 35.5. The summed E-state index contributed by atoms with van der Waals surface area (Å²) in [6, 6.07) is 18.7. The maximum Gasteiger partial charge on any atom is 0.264 e. The third-order valence-corrected chi connectivity index (χ3v) is 8.40. The molecule has 0 saturated carbocycles. The normalized spacial score (nSPS) is 14.4. The molecule has 0 bridgehead atoms. The lowest BCUT2D eigenvalue weighted by atomic mass is 10.1. The first-order valence-electron chi connectivity index (χ1n) is 12.2. The first kappa shape index (κ1) is 27.2. The van der Waals surface area contributed by atoms with Gasteiger partial charge in [0.2, 0.25) is 0 Å². The second-order valence-electron chi connectivity index (χ2n) is 9.20. The van der Waals surface area contributed by atoms with Gasteiger partial charge < -0.3 is 9.64 Å². The molecule has 0 aliphatic carbocycles. The first-order valence-corrected chi connectivity index (χ1v) is 14.5. The number of piperazine rings is 1. The number of rotatable bonds is 7. The summed E-state index contributed by atoms with van der Waals surface area (Å²) in [6.07, 6.45) is 1.55. The van der Waals surface area contributed by atoms with E-state index in [1.54, 1.807) is 59.6 Å². The van der Waals surface area contributed by atoms with E-state index in [0.717, 1.165) is 5.56 Å². The number of hydrogen-bond acceptors (Lipinski definition) is 6. The van der Waals surface area contributed by atoms with E-state index >= 15 is 0 Å². The number of benzene rings is 3. The molecule has 1 N–H and O–H groups in total. The van der Waals surface area contributed by atoms with E-state index in [9.17, 15) is 13.2 Å². The van der Waals surface area contributed by atoms with Crippen LogP contribution in [0.3, 0.4) is 0 Å². The second kappa shape index (κ2) is 11.4. The molecule has 11 heteroatoms. The zero-order valence-electron chi connectivity index (χ0n) is 21.1. The van der Waals surface area contributed by atoms with Crippen molar-refractivity contribution in [2.45, 2.75) is 11.4 Å². The maximum absolute atomic E-state index is 13.3. The van der Waals surface area contributed by atoms with Gasteiger partial charge in [0.1, 0.15) is 10.6 Å². The highest BCUT2D eigenvalue weighted by molar-refractivity contribution is 7.93. The molecule has 1 aliphatic heterocycles. The number of ether oxygens (including phenoxy) is 1. The van der Waals surface area contributed by atoms with Crippen molar-refractivity contribution in [3.8, 4) is 5.75 Å². The molecule has 1 aromatic heterocycles. The maximum atomic E-state index is 13.3. The Morgan fingerprint density at radius 1 is 0.974 bits per heavy atom. The number of hydrogen-bond donors (Lipinski definition) is 1. The molecule has 0 radical (unpaired) electrons. The van der Waals surface area contributed by atoms with Gasteiger partial charge in [0.25, 0.3) is 15.9 Å². The van der Waals surface area contributed by atoms with Gasteiger partial charge in [-0.05, 0) is 54.1 Å². The van der Waals surface area contributed by atoms with E-state index in [1.165, 1.54) is 13.2 Å². The first-order chi connectivity index (χ1) is 18.7. The molecule has 39 heavy (non-hydrogen) atoms. The van der Waals surface area contributed by atoms with Crippen LogP contribution in [-0.2, 0) is 16.6 Å². The van der Waals surface area contributed by atoms with Crippen molar-refractivity contribution in [1.29, 1.82) is 0 Å². The van der Waals surface area contributed by atoms with Crippen molar-refractivity contribution in [2.75, 3.05) is 38.0 Å². The van der Waals surface area contributed by atoms with Crippen molar-refractivity contribution in [1.82, 2.24) is 14.8 Å². The van der Waals surface area contributed by atoms with Gasteiger partial charge in [0.05, 0.1) is 18.3 Å². The van der Waals surface area contributed by atoms with Gasteiger partial charge in [0, 0.05) is 59.9 Å². The Kier molecular flexibility index (Phi) is 7.95. The summed E-state index contributed by atoms with van der Waals surface area (Å²) < 4.78 is 34.5. The molecule has 1 fully saturated rings. The number of nitrogens with zero attached hydrogens (tertiary/aromatic N) is 3. The molecule has 2 heterocycles. The molecule has 0 unspecified atom stereocenters. The fourth-order valence-corrected chi connectivity index (χ4v) is 6.48. The topological polar surface area (TPSA) is 91.8 Å². The molecular weight excluding hydrogens is 559 g/mol. The fourth-order valence-electron chi connectivity index (χ4n) is 4.65. The summed E-state index contributed by atoms with van der Waals surface area (Å²) in [5.41, 5.74) is 2.04. The minimum Gasteiger partial charge on any atom is -0.495 e. The van der Waals surface area contributed by atoms with Gasteiger partial charge in [-0.3, -0.25) is 19.4 Å². The molecule has 0 spiro atoms. The van der Waals surface area contributed by atoms with Crippen molar-refractivity contribution in [3.05, 3.63) is 94.1 Å². The summed E-state index contributed by atoms with van der Waals surface area (Å²) in [5.74, 6) is 0.0977. The average Bonchev–Trinajstić information content (AvgIpc) is 2.92. The lowest BCUT2D eigenvalue weighted by Gasteiger charge is -2.35. The number of para-hydroxylation sites is 1. The number of anilines is 1. The van der Waals surface area contributed by atoms with Crippen molar-refractivity contribution in [3.63, 3.8) is 0 Å². The number of halogens is 2. The van der Waals surface area contributed by atoms with Crippen molar-refractivity contribution < 1.29 is 17.9 Å². The smallest absolute Gasteiger partial charge is 0.264 e. The third-order valence-electron chi connectivity index (χ3n) is 6.57. The molecule has 1 aliphatic rings. The lowest BCUT2D eigenvalue weighted by molar-refractivity contribution is 0.0628. The number of methoxy groups -OCH3 is 1. The second-order valence-corrected chi connectivity index (χ2v) is 11.7. The summed E-state index contributed by atoms with van der Waals surface area (Å²) in [7, 11) is -2.54. The van der Waals surface area contributed by atoms with Crippen LogP contribution in [0, 0.1) is 0 Å². The van der Waals surface area contributed by atoms with E-state index in [4.69, 9.17) is 27.9 Å². The molecule has 1 saturated heterocycles. The quantitative estimate of drug-likeness (QED) is 0.316. The van der Waals surface area contributed by atoms with Crippen LogP contribution in [0.5, 0.6) is 5.75 Å². The zero-order chi connectivity index (χ0) is 27.6. The molecule has 1 amide bonds. The minimum absolute atomic E-state index is 0.0562. The van der Waals surface area contributed by atoms with Crippen LogP contribution in [0.2, 0.25) is 10.0 Å². The molecule has 4 aromatic rings. The number of fused-ring (bicyclic) bond motifs is 1. The molecule has 3 aromatic carbocycles. The van der Waals surface area contributed by atoms with Crippen LogP contribution >= 0.6 is 23.2 Å². The third kappa shape index (κ3) is 6.12. The number of amides is 1. The molecule has 0 atom stereocenters. The summed E-state index contributed by atoms with van der Waals surface area (Å²) in [5, 5.41) is 1.91. The van der Waals surface area contributed by atoms with Crippen LogP contribution in [-0.4, -0.2) is 62.4 Å². The highest BCUT2D eigenvalue weighted by Gasteiger charge is 2.25.